The number of rotatable bonds is 4. The average Bonchev–Trinajstić information content (AvgIpc) is 3.13. The van der Waals surface area contributed by atoms with Crippen LogP contribution in [0.3, 0.4) is 0 Å². The Kier molecular flexibility index (Phi) is 2.71. The second-order valence-corrected chi connectivity index (χ2v) is 5.11. The normalized spacial score (nSPS) is 17.0. The molecule has 1 fully saturated rings. The first kappa shape index (κ1) is 10.6. The summed E-state index contributed by atoms with van der Waals surface area (Å²) in [5.74, 6) is 1.98. The van der Waals surface area contributed by atoms with Gasteiger partial charge in [0.05, 0.1) is 0 Å². The first-order valence-corrected chi connectivity index (χ1v) is 6.43. The predicted octanol–water partition coefficient (Wildman–Crippen LogP) is 3.84. The quantitative estimate of drug-likeness (QED) is 0.856. The molecule has 17 heavy (non-hydrogen) atoms. The van der Waals surface area contributed by atoms with Gasteiger partial charge in [-0.15, -0.1) is 0 Å². The molecule has 1 aliphatic rings. The molecule has 1 N–H and O–H groups in total. The number of aromatic nitrogens is 1. The van der Waals surface area contributed by atoms with E-state index in [1.165, 1.54) is 30.0 Å². The number of anilines is 1. The lowest BCUT2D eigenvalue weighted by Crippen LogP contribution is -2.16. The minimum absolute atomic E-state index is 0.515. The van der Waals surface area contributed by atoms with Crippen LogP contribution >= 0.6 is 0 Å². The Morgan fingerprint density at radius 3 is 2.94 bits per heavy atom. The topological polar surface area (TPSA) is 24.9 Å². The van der Waals surface area contributed by atoms with E-state index in [4.69, 9.17) is 0 Å². The van der Waals surface area contributed by atoms with Crippen molar-refractivity contribution in [1.82, 2.24) is 4.98 Å². The Morgan fingerprint density at radius 2 is 2.12 bits per heavy atom. The fourth-order valence-electron chi connectivity index (χ4n) is 2.38. The van der Waals surface area contributed by atoms with E-state index in [2.05, 4.69) is 47.6 Å². The van der Waals surface area contributed by atoms with Crippen LogP contribution in [0.2, 0.25) is 0 Å². The van der Waals surface area contributed by atoms with Crippen LogP contribution < -0.4 is 5.32 Å². The van der Waals surface area contributed by atoms with Crippen molar-refractivity contribution >= 4 is 16.6 Å². The SMILES string of the molecule is CC(CC1CC1)Nc1nccc2ccccc12. The maximum Gasteiger partial charge on any atom is 0.134 e. The van der Waals surface area contributed by atoms with Crippen molar-refractivity contribution in [2.75, 3.05) is 5.32 Å². The molecule has 1 aromatic heterocycles. The molecular formula is C15H18N2. The molecular weight excluding hydrogens is 208 g/mol. The summed E-state index contributed by atoms with van der Waals surface area (Å²) < 4.78 is 0. The van der Waals surface area contributed by atoms with Gasteiger partial charge in [-0.2, -0.15) is 0 Å². The summed E-state index contributed by atoms with van der Waals surface area (Å²) in [7, 11) is 0. The van der Waals surface area contributed by atoms with Crippen LogP contribution in [-0.2, 0) is 0 Å². The molecule has 0 bridgehead atoms. The van der Waals surface area contributed by atoms with Gasteiger partial charge in [0, 0.05) is 17.6 Å². The standard InChI is InChI=1S/C15H18N2/c1-11(10-12-6-7-12)17-15-14-5-3-2-4-13(14)8-9-16-15/h2-5,8-9,11-12H,6-7,10H2,1H3,(H,16,17). The van der Waals surface area contributed by atoms with Crippen molar-refractivity contribution in [2.24, 2.45) is 5.92 Å². The van der Waals surface area contributed by atoms with Crippen molar-refractivity contribution < 1.29 is 0 Å². The average molecular weight is 226 g/mol. The number of pyridine rings is 1. The maximum atomic E-state index is 4.46. The second-order valence-electron chi connectivity index (χ2n) is 5.11. The van der Waals surface area contributed by atoms with Crippen LogP contribution in [0.15, 0.2) is 36.5 Å². The van der Waals surface area contributed by atoms with Crippen molar-refractivity contribution in [1.29, 1.82) is 0 Å². The summed E-state index contributed by atoms with van der Waals surface area (Å²) in [5, 5.41) is 6.02. The zero-order valence-electron chi connectivity index (χ0n) is 10.2. The maximum absolute atomic E-state index is 4.46. The molecule has 2 heteroatoms. The van der Waals surface area contributed by atoms with Gasteiger partial charge in [0.1, 0.15) is 5.82 Å². The lowest BCUT2D eigenvalue weighted by molar-refractivity contribution is 0.641. The van der Waals surface area contributed by atoms with E-state index in [-0.39, 0.29) is 0 Å². The van der Waals surface area contributed by atoms with Gasteiger partial charge in [-0.25, -0.2) is 4.98 Å². The first-order chi connectivity index (χ1) is 8.33. The van der Waals surface area contributed by atoms with Crippen LogP contribution in [-0.4, -0.2) is 11.0 Å². The van der Waals surface area contributed by atoms with E-state index in [1.54, 1.807) is 0 Å². The molecule has 3 rings (SSSR count). The molecule has 1 heterocycles. The van der Waals surface area contributed by atoms with Crippen LogP contribution in [0.1, 0.15) is 26.2 Å². The van der Waals surface area contributed by atoms with Crippen molar-refractivity contribution in [3.8, 4) is 0 Å². The predicted molar refractivity (Wildman–Crippen MR) is 72.2 cm³/mol. The summed E-state index contributed by atoms with van der Waals surface area (Å²) in [6.07, 6.45) is 5.98. The van der Waals surface area contributed by atoms with Gasteiger partial charge < -0.3 is 5.32 Å². The summed E-state index contributed by atoms with van der Waals surface area (Å²) in [5.41, 5.74) is 0. The molecule has 1 aliphatic carbocycles. The number of nitrogens with one attached hydrogen (secondary N) is 1. The van der Waals surface area contributed by atoms with E-state index in [1.807, 2.05) is 6.20 Å². The fraction of sp³-hybridized carbons (Fsp3) is 0.400. The van der Waals surface area contributed by atoms with Gasteiger partial charge in [0.15, 0.2) is 0 Å². The van der Waals surface area contributed by atoms with Gasteiger partial charge in [0.2, 0.25) is 0 Å². The third-order valence-electron chi connectivity index (χ3n) is 3.44. The number of fused-ring (bicyclic) bond motifs is 1. The highest BCUT2D eigenvalue weighted by atomic mass is 15.0. The molecule has 1 unspecified atom stereocenters. The third kappa shape index (κ3) is 2.41. The zero-order chi connectivity index (χ0) is 11.7. The van der Waals surface area contributed by atoms with E-state index in [9.17, 15) is 0 Å². The molecule has 0 saturated heterocycles. The van der Waals surface area contributed by atoms with Crippen molar-refractivity contribution in [3.63, 3.8) is 0 Å². The molecule has 0 radical (unpaired) electrons. The van der Waals surface area contributed by atoms with Crippen LogP contribution in [0, 0.1) is 5.92 Å². The Morgan fingerprint density at radius 1 is 1.29 bits per heavy atom. The molecule has 0 spiro atoms. The van der Waals surface area contributed by atoms with Gasteiger partial charge in [0.25, 0.3) is 0 Å². The van der Waals surface area contributed by atoms with Crippen molar-refractivity contribution in [3.05, 3.63) is 36.5 Å². The largest absolute Gasteiger partial charge is 0.367 e. The third-order valence-corrected chi connectivity index (χ3v) is 3.44. The van der Waals surface area contributed by atoms with Gasteiger partial charge in [-0.3, -0.25) is 0 Å². The highest BCUT2D eigenvalue weighted by molar-refractivity contribution is 5.91. The number of nitrogens with zero attached hydrogens (tertiary/aromatic N) is 1. The zero-order valence-corrected chi connectivity index (χ0v) is 10.2. The van der Waals surface area contributed by atoms with Gasteiger partial charge >= 0.3 is 0 Å². The van der Waals surface area contributed by atoms with E-state index < -0.39 is 0 Å². The number of hydrogen-bond donors (Lipinski definition) is 1. The molecule has 0 amide bonds. The molecule has 1 atom stereocenters. The lowest BCUT2D eigenvalue weighted by Gasteiger charge is -2.15. The fourth-order valence-corrected chi connectivity index (χ4v) is 2.38. The highest BCUT2D eigenvalue weighted by Gasteiger charge is 2.23. The summed E-state index contributed by atoms with van der Waals surface area (Å²) in [6.45, 7) is 2.25. The van der Waals surface area contributed by atoms with Gasteiger partial charge in [-0.1, -0.05) is 37.1 Å². The Labute approximate surface area is 102 Å². The van der Waals surface area contributed by atoms with Crippen LogP contribution in [0.5, 0.6) is 0 Å². The molecule has 2 aromatic rings. The van der Waals surface area contributed by atoms with E-state index >= 15 is 0 Å². The van der Waals surface area contributed by atoms with E-state index in [0.29, 0.717) is 6.04 Å². The molecule has 2 nitrogen and oxygen atoms in total. The van der Waals surface area contributed by atoms with Gasteiger partial charge in [-0.05, 0) is 30.7 Å². The summed E-state index contributed by atoms with van der Waals surface area (Å²) >= 11 is 0. The first-order valence-electron chi connectivity index (χ1n) is 6.43. The summed E-state index contributed by atoms with van der Waals surface area (Å²) in [6, 6.07) is 11.0. The summed E-state index contributed by atoms with van der Waals surface area (Å²) in [4.78, 5) is 4.46. The van der Waals surface area contributed by atoms with Crippen LogP contribution in [0.4, 0.5) is 5.82 Å². The smallest absolute Gasteiger partial charge is 0.134 e. The Bertz CT molecular complexity index is 512. The number of benzene rings is 1. The molecule has 1 saturated carbocycles. The molecule has 0 aliphatic heterocycles. The number of hydrogen-bond acceptors (Lipinski definition) is 2. The Balaban J connectivity index is 1.83. The van der Waals surface area contributed by atoms with E-state index in [0.717, 1.165) is 11.7 Å². The monoisotopic (exact) mass is 226 g/mol. The molecule has 88 valence electrons. The lowest BCUT2D eigenvalue weighted by atomic mass is 10.1. The van der Waals surface area contributed by atoms with Crippen molar-refractivity contribution in [2.45, 2.75) is 32.2 Å². The second kappa shape index (κ2) is 4.36. The molecule has 1 aromatic carbocycles. The minimum atomic E-state index is 0.515. The Hall–Kier alpha value is -1.57. The minimum Gasteiger partial charge on any atom is -0.367 e. The highest BCUT2D eigenvalue weighted by Crippen LogP contribution is 2.34. The van der Waals surface area contributed by atoms with Crippen LogP contribution in [0.25, 0.3) is 10.8 Å².